The lowest BCUT2D eigenvalue weighted by Gasteiger charge is -2.26. The molecule has 1 N–H and O–H groups in total. The molecule has 0 saturated heterocycles. The van der Waals surface area contributed by atoms with E-state index in [1.165, 1.54) is 4.90 Å². The third-order valence-corrected chi connectivity index (χ3v) is 3.05. The lowest BCUT2D eigenvalue weighted by Crippen LogP contribution is -2.40. The van der Waals surface area contributed by atoms with Crippen LogP contribution in [0.3, 0.4) is 0 Å². The molecular weight excluding hydrogens is 256 g/mol. The molecule has 0 aliphatic rings. The van der Waals surface area contributed by atoms with Gasteiger partial charge in [0.1, 0.15) is 0 Å². The number of likely N-dealkylation sites (N-methyl/N-ethyl adjacent to an activating group) is 1. The zero-order valence-electron chi connectivity index (χ0n) is 12.5. The molecule has 0 atom stereocenters. The fraction of sp³-hybridized carbons (Fsp3) is 0.500. The van der Waals surface area contributed by atoms with Gasteiger partial charge in [0.25, 0.3) is 5.91 Å². The molecule has 0 spiro atoms. The van der Waals surface area contributed by atoms with E-state index < -0.39 is 5.60 Å². The minimum Gasteiger partial charge on any atom is -0.389 e. The number of rotatable bonds is 3. The van der Waals surface area contributed by atoms with Crippen LogP contribution in [0.25, 0.3) is 5.65 Å². The van der Waals surface area contributed by atoms with E-state index in [4.69, 9.17) is 0 Å². The fourth-order valence-corrected chi connectivity index (χ4v) is 2.23. The highest BCUT2D eigenvalue weighted by Gasteiger charge is 2.22. The van der Waals surface area contributed by atoms with Gasteiger partial charge in [-0.1, -0.05) is 0 Å². The maximum absolute atomic E-state index is 12.4. The molecule has 108 valence electrons. The van der Waals surface area contributed by atoms with Crippen molar-refractivity contribution in [1.82, 2.24) is 19.5 Å². The molecular formula is C14H20N4O2. The van der Waals surface area contributed by atoms with Crippen LogP contribution in [-0.2, 0) is 0 Å². The summed E-state index contributed by atoms with van der Waals surface area (Å²) in [6.07, 6.45) is 1.56. The number of aliphatic hydroxyl groups is 1. The molecule has 0 fully saturated rings. The van der Waals surface area contributed by atoms with Gasteiger partial charge in [0.2, 0.25) is 0 Å². The van der Waals surface area contributed by atoms with Crippen LogP contribution in [0.1, 0.15) is 35.6 Å². The standard InChI is InChI=1S/C14H20N4O2/c1-9-6-12-15-7-11(10(2)18(12)16-9)13(19)17(5)8-14(3,4)20/h6-7,20H,8H2,1-5H3. The first kappa shape index (κ1) is 14.5. The molecule has 20 heavy (non-hydrogen) atoms. The lowest BCUT2D eigenvalue weighted by atomic mass is 10.1. The first-order valence-corrected chi connectivity index (χ1v) is 6.49. The zero-order chi connectivity index (χ0) is 15.1. The Morgan fingerprint density at radius 3 is 2.70 bits per heavy atom. The molecule has 2 heterocycles. The lowest BCUT2D eigenvalue weighted by molar-refractivity contribution is 0.0367. The minimum atomic E-state index is -0.932. The van der Waals surface area contributed by atoms with Gasteiger partial charge in [-0.25, -0.2) is 9.50 Å². The van der Waals surface area contributed by atoms with Crippen molar-refractivity contribution in [2.24, 2.45) is 0 Å². The van der Waals surface area contributed by atoms with Crippen molar-refractivity contribution >= 4 is 11.6 Å². The summed E-state index contributed by atoms with van der Waals surface area (Å²) in [7, 11) is 1.66. The van der Waals surface area contributed by atoms with E-state index in [0.717, 1.165) is 17.0 Å². The van der Waals surface area contributed by atoms with E-state index in [0.29, 0.717) is 5.56 Å². The van der Waals surface area contributed by atoms with E-state index in [9.17, 15) is 9.90 Å². The highest BCUT2D eigenvalue weighted by molar-refractivity contribution is 5.95. The van der Waals surface area contributed by atoms with Crippen LogP contribution < -0.4 is 0 Å². The molecule has 6 nitrogen and oxygen atoms in total. The number of nitrogens with zero attached hydrogens (tertiary/aromatic N) is 4. The highest BCUT2D eigenvalue weighted by Crippen LogP contribution is 2.14. The molecule has 0 aliphatic heterocycles. The number of amides is 1. The minimum absolute atomic E-state index is 0.174. The summed E-state index contributed by atoms with van der Waals surface area (Å²) in [5.74, 6) is -0.174. The number of carbonyl (C=O) groups is 1. The van der Waals surface area contributed by atoms with Crippen LogP contribution in [-0.4, -0.2) is 49.7 Å². The van der Waals surface area contributed by atoms with Crippen molar-refractivity contribution in [2.75, 3.05) is 13.6 Å². The maximum Gasteiger partial charge on any atom is 0.257 e. The molecule has 0 aromatic carbocycles. The predicted molar refractivity (Wildman–Crippen MR) is 75.7 cm³/mol. The summed E-state index contributed by atoms with van der Waals surface area (Å²) >= 11 is 0. The molecule has 0 radical (unpaired) electrons. The first-order chi connectivity index (χ1) is 9.19. The van der Waals surface area contributed by atoms with Crippen LogP contribution in [0.15, 0.2) is 12.3 Å². The Balaban J connectivity index is 2.37. The molecule has 0 unspecified atom stereocenters. The third kappa shape index (κ3) is 2.80. The van der Waals surface area contributed by atoms with Gasteiger partial charge in [-0.3, -0.25) is 4.79 Å². The number of hydrogen-bond acceptors (Lipinski definition) is 4. The second-order valence-electron chi connectivity index (χ2n) is 5.79. The van der Waals surface area contributed by atoms with Gasteiger partial charge in [0.05, 0.1) is 22.6 Å². The Morgan fingerprint density at radius 2 is 2.10 bits per heavy atom. The summed E-state index contributed by atoms with van der Waals surface area (Å²) in [5.41, 5.74) is 1.89. The number of carbonyl (C=O) groups excluding carboxylic acids is 1. The Bertz CT molecular complexity index is 655. The quantitative estimate of drug-likeness (QED) is 0.914. The van der Waals surface area contributed by atoms with Gasteiger partial charge in [-0.15, -0.1) is 0 Å². The summed E-state index contributed by atoms with van der Waals surface area (Å²) in [6, 6.07) is 1.86. The van der Waals surface area contributed by atoms with Crippen LogP contribution in [0.5, 0.6) is 0 Å². The largest absolute Gasteiger partial charge is 0.389 e. The Kier molecular flexibility index (Phi) is 3.52. The van der Waals surface area contributed by atoms with Crippen molar-refractivity contribution in [3.8, 4) is 0 Å². The van der Waals surface area contributed by atoms with Crippen molar-refractivity contribution in [2.45, 2.75) is 33.3 Å². The Hall–Kier alpha value is -1.95. The van der Waals surface area contributed by atoms with Gasteiger partial charge < -0.3 is 10.0 Å². The average Bonchev–Trinajstić information content (AvgIpc) is 2.68. The summed E-state index contributed by atoms with van der Waals surface area (Å²) in [4.78, 5) is 18.2. The predicted octanol–water partition coefficient (Wildman–Crippen LogP) is 1.19. The van der Waals surface area contributed by atoms with Crippen molar-refractivity contribution in [3.63, 3.8) is 0 Å². The molecule has 2 rings (SSSR count). The van der Waals surface area contributed by atoms with E-state index in [1.807, 2.05) is 19.9 Å². The van der Waals surface area contributed by atoms with Gasteiger partial charge in [-0.05, 0) is 27.7 Å². The average molecular weight is 276 g/mol. The van der Waals surface area contributed by atoms with Gasteiger partial charge in [0.15, 0.2) is 5.65 Å². The highest BCUT2D eigenvalue weighted by atomic mass is 16.3. The molecule has 6 heteroatoms. The monoisotopic (exact) mass is 276 g/mol. The van der Waals surface area contributed by atoms with E-state index in [1.54, 1.807) is 31.6 Å². The zero-order valence-corrected chi connectivity index (χ0v) is 12.5. The van der Waals surface area contributed by atoms with Crippen LogP contribution in [0.2, 0.25) is 0 Å². The first-order valence-electron chi connectivity index (χ1n) is 6.49. The SMILES string of the molecule is Cc1cc2ncc(C(=O)N(C)CC(C)(C)O)c(C)n2n1. The van der Waals surface area contributed by atoms with Crippen LogP contribution >= 0.6 is 0 Å². The molecule has 0 bridgehead atoms. The summed E-state index contributed by atoms with van der Waals surface area (Å²) in [5, 5.41) is 14.1. The smallest absolute Gasteiger partial charge is 0.257 e. The third-order valence-electron chi connectivity index (χ3n) is 3.05. The van der Waals surface area contributed by atoms with Crippen molar-refractivity contribution in [1.29, 1.82) is 0 Å². The second kappa shape index (κ2) is 4.86. The number of aryl methyl sites for hydroxylation is 2. The van der Waals surface area contributed by atoms with Crippen molar-refractivity contribution < 1.29 is 9.90 Å². The Morgan fingerprint density at radius 1 is 1.45 bits per heavy atom. The van der Waals surface area contributed by atoms with Gasteiger partial charge >= 0.3 is 0 Å². The molecule has 2 aromatic rings. The normalized spacial score (nSPS) is 11.9. The van der Waals surface area contributed by atoms with Crippen molar-refractivity contribution in [3.05, 3.63) is 29.2 Å². The molecule has 0 aliphatic carbocycles. The van der Waals surface area contributed by atoms with Gasteiger partial charge in [-0.2, -0.15) is 5.10 Å². The van der Waals surface area contributed by atoms with E-state index in [2.05, 4.69) is 10.1 Å². The number of aromatic nitrogens is 3. The summed E-state index contributed by atoms with van der Waals surface area (Å²) < 4.78 is 1.67. The van der Waals surface area contributed by atoms with E-state index in [-0.39, 0.29) is 12.5 Å². The second-order valence-corrected chi connectivity index (χ2v) is 5.79. The topological polar surface area (TPSA) is 70.7 Å². The van der Waals surface area contributed by atoms with E-state index >= 15 is 0 Å². The fourth-order valence-electron chi connectivity index (χ4n) is 2.23. The number of fused-ring (bicyclic) bond motifs is 1. The molecule has 0 saturated carbocycles. The molecule has 2 aromatic heterocycles. The number of hydrogen-bond donors (Lipinski definition) is 1. The molecule has 1 amide bonds. The Labute approximate surface area is 118 Å². The van der Waals surface area contributed by atoms with Gasteiger partial charge in [0, 0.05) is 25.9 Å². The van der Waals surface area contributed by atoms with Crippen LogP contribution in [0.4, 0.5) is 0 Å². The van der Waals surface area contributed by atoms with Crippen LogP contribution in [0, 0.1) is 13.8 Å². The maximum atomic E-state index is 12.4. The summed E-state index contributed by atoms with van der Waals surface area (Å²) in [6.45, 7) is 7.31.